The van der Waals surface area contributed by atoms with Crippen molar-refractivity contribution in [3.63, 3.8) is 0 Å². The minimum Gasteiger partial charge on any atom is -0.400 e. The number of pyridine rings is 1. The maximum absolute atomic E-state index is 11.3. The first-order valence-electron chi connectivity index (χ1n) is 8.11. The quantitative estimate of drug-likeness (QED) is 0.720. The summed E-state index contributed by atoms with van der Waals surface area (Å²) in [4.78, 5) is 20.3. The number of rotatable bonds is 4. The van der Waals surface area contributed by atoms with Gasteiger partial charge in [0.2, 0.25) is 0 Å². The Morgan fingerprint density at radius 1 is 1.12 bits per heavy atom. The molecule has 0 bridgehead atoms. The smallest absolute Gasteiger partial charge is 0.132 e. The Bertz CT molecular complexity index is 885. The third kappa shape index (κ3) is 3.52. The summed E-state index contributed by atoms with van der Waals surface area (Å²) in [6.07, 6.45) is 4.66. The number of nitrogens with zero attached hydrogens (tertiary/aromatic N) is 2. The van der Waals surface area contributed by atoms with Gasteiger partial charge >= 0.3 is 0 Å². The summed E-state index contributed by atoms with van der Waals surface area (Å²) in [5.74, 6) is 0. The van der Waals surface area contributed by atoms with Crippen LogP contribution in [0, 0.1) is 6.92 Å². The molecule has 1 saturated carbocycles. The highest BCUT2D eigenvalue weighted by Crippen LogP contribution is 2.46. The molecule has 4 rings (SSSR count). The second kappa shape index (κ2) is 7.25. The summed E-state index contributed by atoms with van der Waals surface area (Å²) in [5.41, 5.74) is 4.90. The second-order valence-corrected chi connectivity index (χ2v) is 7.10. The number of aryl methyl sites for hydroxylation is 1. The first-order valence-corrected chi connectivity index (χ1v) is 8.99. The normalized spacial score (nSPS) is 14.4. The minimum absolute atomic E-state index is 0.334. The van der Waals surface area contributed by atoms with E-state index >= 15 is 0 Å². The van der Waals surface area contributed by atoms with Crippen molar-refractivity contribution in [1.82, 2.24) is 9.97 Å². The molecule has 0 aliphatic heterocycles. The van der Waals surface area contributed by atoms with Crippen LogP contribution in [0.2, 0.25) is 0 Å². The van der Waals surface area contributed by atoms with Crippen molar-refractivity contribution in [2.75, 3.05) is 7.11 Å². The number of carbonyl (C=O) groups excluding carboxylic acids is 1. The highest BCUT2D eigenvalue weighted by Gasteiger charge is 2.45. The lowest BCUT2D eigenvalue weighted by molar-refractivity contribution is -0.109. The molecule has 0 unspecified atom stereocenters. The van der Waals surface area contributed by atoms with Crippen molar-refractivity contribution < 1.29 is 9.90 Å². The van der Waals surface area contributed by atoms with E-state index < -0.39 is 0 Å². The Balaban J connectivity index is 0.000000880. The van der Waals surface area contributed by atoms with E-state index in [0.29, 0.717) is 0 Å². The lowest BCUT2D eigenvalue weighted by Crippen LogP contribution is -2.09. The molecule has 1 aliphatic rings. The molecule has 2 aromatic heterocycles. The molecule has 1 aromatic carbocycles. The van der Waals surface area contributed by atoms with E-state index in [2.05, 4.69) is 33.5 Å². The van der Waals surface area contributed by atoms with Crippen molar-refractivity contribution in [2.45, 2.75) is 25.2 Å². The van der Waals surface area contributed by atoms with E-state index in [1.165, 1.54) is 0 Å². The maximum Gasteiger partial charge on any atom is 0.132 e. The van der Waals surface area contributed by atoms with Gasteiger partial charge in [0.15, 0.2) is 0 Å². The number of thiazole rings is 1. The van der Waals surface area contributed by atoms with Crippen LogP contribution in [-0.2, 0) is 10.2 Å². The number of aldehydes is 1. The molecule has 1 aliphatic carbocycles. The van der Waals surface area contributed by atoms with Gasteiger partial charge in [0.25, 0.3) is 0 Å². The second-order valence-electron chi connectivity index (χ2n) is 6.04. The number of benzene rings is 1. The fourth-order valence-electron chi connectivity index (χ4n) is 2.81. The Labute approximate surface area is 151 Å². The van der Waals surface area contributed by atoms with E-state index in [1.54, 1.807) is 17.5 Å². The van der Waals surface area contributed by atoms with Crippen molar-refractivity contribution >= 4 is 17.6 Å². The van der Waals surface area contributed by atoms with Gasteiger partial charge in [0.05, 0.1) is 21.8 Å². The minimum atomic E-state index is -0.334. The third-order valence-corrected chi connectivity index (χ3v) is 5.17. The number of carbonyl (C=O) groups is 1. The molecular formula is C20H20N2O2S. The van der Waals surface area contributed by atoms with Crippen LogP contribution in [0.25, 0.3) is 22.4 Å². The number of aromatic nitrogens is 2. The zero-order valence-electron chi connectivity index (χ0n) is 14.3. The van der Waals surface area contributed by atoms with E-state index in [-0.39, 0.29) is 5.41 Å². The molecule has 1 N–H and O–H groups in total. The fourth-order valence-corrected chi connectivity index (χ4v) is 3.43. The van der Waals surface area contributed by atoms with E-state index in [4.69, 9.17) is 5.11 Å². The summed E-state index contributed by atoms with van der Waals surface area (Å²) >= 11 is 1.66. The molecule has 0 amide bonds. The molecule has 128 valence electrons. The SMILES string of the molecule is CO.Cc1nc(-c2cccc(-c3ccnc(C4(C=O)CC4)c3)c2)cs1. The first kappa shape index (κ1) is 17.5. The molecule has 25 heavy (non-hydrogen) atoms. The van der Waals surface area contributed by atoms with Gasteiger partial charge in [-0.25, -0.2) is 4.98 Å². The number of aliphatic hydroxyl groups is 1. The summed E-state index contributed by atoms with van der Waals surface area (Å²) in [6.45, 7) is 2.02. The van der Waals surface area contributed by atoms with Gasteiger partial charge in [0.1, 0.15) is 6.29 Å². The standard InChI is InChI=1S/C19H16N2OS.CH4O/c1-13-21-17(11-23-13)16-4-2-3-14(9-16)15-5-8-20-18(10-15)19(12-22)6-7-19;1-2/h2-5,8-12H,6-7H2,1H3;2H,1H3. The van der Waals surface area contributed by atoms with Crippen LogP contribution in [0.5, 0.6) is 0 Å². The zero-order valence-corrected chi connectivity index (χ0v) is 15.1. The van der Waals surface area contributed by atoms with Crippen molar-refractivity contribution in [3.05, 3.63) is 58.7 Å². The molecule has 0 radical (unpaired) electrons. The first-order chi connectivity index (χ1) is 12.2. The molecule has 3 aromatic rings. The summed E-state index contributed by atoms with van der Waals surface area (Å²) in [5, 5.41) is 10.1. The van der Waals surface area contributed by atoms with Crippen LogP contribution in [0.3, 0.4) is 0 Å². The Kier molecular flexibility index (Phi) is 5.06. The highest BCUT2D eigenvalue weighted by atomic mass is 32.1. The van der Waals surface area contributed by atoms with Gasteiger partial charge in [-0.3, -0.25) is 4.98 Å². The lowest BCUT2D eigenvalue weighted by Gasteiger charge is -2.09. The average molecular weight is 352 g/mol. The van der Waals surface area contributed by atoms with Crippen LogP contribution in [0.1, 0.15) is 23.5 Å². The van der Waals surface area contributed by atoms with Crippen LogP contribution < -0.4 is 0 Å². The van der Waals surface area contributed by atoms with Gasteiger partial charge < -0.3 is 9.90 Å². The van der Waals surface area contributed by atoms with E-state index in [0.717, 1.165) is 59.3 Å². The van der Waals surface area contributed by atoms with E-state index in [1.807, 2.05) is 25.1 Å². The van der Waals surface area contributed by atoms with Gasteiger partial charge in [-0.1, -0.05) is 18.2 Å². The Hall–Kier alpha value is -2.37. The van der Waals surface area contributed by atoms with Gasteiger partial charge in [-0.15, -0.1) is 11.3 Å². The largest absolute Gasteiger partial charge is 0.400 e. The molecule has 5 heteroatoms. The molecule has 0 atom stereocenters. The highest BCUT2D eigenvalue weighted by molar-refractivity contribution is 7.09. The number of aliphatic hydroxyl groups excluding tert-OH is 1. The van der Waals surface area contributed by atoms with Gasteiger partial charge in [0, 0.05) is 24.3 Å². The van der Waals surface area contributed by atoms with Gasteiger partial charge in [-0.05, 0) is 49.1 Å². The molecule has 0 saturated heterocycles. The van der Waals surface area contributed by atoms with Crippen LogP contribution in [0.4, 0.5) is 0 Å². The predicted molar refractivity (Wildman–Crippen MR) is 101 cm³/mol. The molecule has 0 spiro atoms. The van der Waals surface area contributed by atoms with Gasteiger partial charge in [-0.2, -0.15) is 0 Å². The summed E-state index contributed by atoms with van der Waals surface area (Å²) < 4.78 is 0. The number of hydrogen-bond donors (Lipinski definition) is 1. The molecular weight excluding hydrogens is 332 g/mol. The maximum atomic E-state index is 11.3. The van der Waals surface area contributed by atoms with E-state index in [9.17, 15) is 4.79 Å². The fraction of sp³-hybridized carbons (Fsp3) is 0.250. The molecule has 2 heterocycles. The monoisotopic (exact) mass is 352 g/mol. The average Bonchev–Trinajstić information content (AvgIpc) is 3.37. The summed E-state index contributed by atoms with van der Waals surface area (Å²) in [7, 11) is 1.00. The van der Waals surface area contributed by atoms with Crippen LogP contribution in [0.15, 0.2) is 48.0 Å². The summed E-state index contributed by atoms with van der Waals surface area (Å²) in [6, 6.07) is 12.4. The Morgan fingerprint density at radius 2 is 1.84 bits per heavy atom. The van der Waals surface area contributed by atoms with Crippen molar-refractivity contribution in [1.29, 1.82) is 0 Å². The topological polar surface area (TPSA) is 63.1 Å². The van der Waals surface area contributed by atoms with Crippen LogP contribution in [-0.4, -0.2) is 28.5 Å². The number of hydrogen-bond acceptors (Lipinski definition) is 5. The van der Waals surface area contributed by atoms with Crippen molar-refractivity contribution in [2.24, 2.45) is 0 Å². The molecule has 4 nitrogen and oxygen atoms in total. The zero-order chi connectivity index (χ0) is 17.9. The van der Waals surface area contributed by atoms with Crippen molar-refractivity contribution in [3.8, 4) is 22.4 Å². The van der Waals surface area contributed by atoms with Crippen LogP contribution >= 0.6 is 11.3 Å². The third-order valence-electron chi connectivity index (χ3n) is 4.40. The Morgan fingerprint density at radius 3 is 2.48 bits per heavy atom. The predicted octanol–water partition coefficient (Wildman–Crippen LogP) is 4.02. The lowest BCUT2D eigenvalue weighted by atomic mass is 9.98. The molecule has 1 fully saturated rings.